The third kappa shape index (κ3) is 6.11. The Kier molecular flexibility index (Phi) is 8.87. The molecule has 6 rings (SSSR count). The van der Waals surface area contributed by atoms with Crippen LogP contribution >= 0.6 is 0 Å². The van der Waals surface area contributed by atoms with Gasteiger partial charge in [-0.3, -0.25) is 4.90 Å². The molecule has 1 aliphatic rings. The van der Waals surface area contributed by atoms with Crippen LogP contribution in [-0.4, -0.2) is 50.0 Å². The smallest absolute Gasteiger partial charge is 0.202 e. The molecule has 0 fully saturated rings. The topological polar surface area (TPSA) is 93.7 Å². The molecule has 2 heterocycles. The molecule has 0 unspecified atom stereocenters. The SMILES string of the molecule is COc1ccc(CO)cc1Oc1ccc(C[C@H]2c3cc(Oc4c(O)c(OC)cc5cc[n+](C)cc45)c(OC)cc3CCN2C)cc1. The number of benzene rings is 4. The van der Waals surface area contributed by atoms with E-state index in [2.05, 4.69) is 30.1 Å². The van der Waals surface area contributed by atoms with Crippen LogP contribution in [0.1, 0.15) is 28.3 Å². The molecule has 1 aromatic heterocycles. The van der Waals surface area contributed by atoms with Gasteiger partial charge in [0.05, 0.1) is 33.3 Å². The molecule has 46 heavy (non-hydrogen) atoms. The van der Waals surface area contributed by atoms with Crippen molar-refractivity contribution in [3.05, 3.63) is 101 Å². The first-order valence-corrected chi connectivity index (χ1v) is 15.1. The first-order valence-electron chi connectivity index (χ1n) is 15.1. The molecular weight excluding hydrogens is 584 g/mol. The zero-order valence-corrected chi connectivity index (χ0v) is 26.7. The fraction of sp³-hybridized carbons (Fsp3) is 0.270. The van der Waals surface area contributed by atoms with E-state index in [4.69, 9.17) is 23.7 Å². The Morgan fingerprint density at radius 1 is 0.804 bits per heavy atom. The third-order valence-corrected chi connectivity index (χ3v) is 8.59. The van der Waals surface area contributed by atoms with Crippen LogP contribution in [0.15, 0.2) is 79.1 Å². The highest BCUT2D eigenvalue weighted by molar-refractivity contribution is 5.92. The molecule has 9 heteroatoms. The minimum atomic E-state index is -0.0790. The lowest BCUT2D eigenvalue weighted by Crippen LogP contribution is -2.33. The second-order valence-corrected chi connectivity index (χ2v) is 11.5. The summed E-state index contributed by atoms with van der Waals surface area (Å²) in [5.74, 6) is 3.50. The Hall–Kier alpha value is -4.99. The highest BCUT2D eigenvalue weighted by atomic mass is 16.5. The molecule has 2 N–H and O–H groups in total. The molecule has 4 aromatic carbocycles. The molecule has 0 radical (unpaired) electrons. The highest BCUT2D eigenvalue weighted by Gasteiger charge is 2.28. The molecule has 0 saturated heterocycles. The predicted octanol–water partition coefficient (Wildman–Crippen LogP) is 6.24. The van der Waals surface area contributed by atoms with Crippen molar-refractivity contribution in [2.75, 3.05) is 34.9 Å². The van der Waals surface area contributed by atoms with Crippen molar-refractivity contribution in [2.24, 2.45) is 7.05 Å². The number of nitrogens with zero attached hydrogens (tertiary/aromatic N) is 2. The fourth-order valence-corrected chi connectivity index (χ4v) is 6.03. The number of methoxy groups -OCH3 is 3. The second-order valence-electron chi connectivity index (χ2n) is 11.5. The van der Waals surface area contributed by atoms with Crippen LogP contribution < -0.4 is 28.3 Å². The summed E-state index contributed by atoms with van der Waals surface area (Å²) < 4.78 is 31.3. The number of phenolic OH excluding ortho intramolecular Hbond substituents is 1. The molecule has 238 valence electrons. The molecule has 0 amide bonds. The third-order valence-electron chi connectivity index (χ3n) is 8.59. The highest BCUT2D eigenvalue weighted by Crippen LogP contribution is 2.47. The molecule has 0 bridgehead atoms. The van der Waals surface area contributed by atoms with E-state index in [9.17, 15) is 10.2 Å². The monoisotopic (exact) mass is 623 g/mol. The number of aryl methyl sites for hydroxylation is 1. The van der Waals surface area contributed by atoms with Gasteiger partial charge in [-0.15, -0.1) is 0 Å². The van der Waals surface area contributed by atoms with Crippen molar-refractivity contribution < 1.29 is 38.5 Å². The summed E-state index contributed by atoms with van der Waals surface area (Å²) in [7, 11) is 8.81. The van der Waals surface area contributed by atoms with Crippen LogP contribution in [0.3, 0.4) is 0 Å². The molecule has 9 nitrogen and oxygen atoms in total. The summed E-state index contributed by atoms with van der Waals surface area (Å²) in [6.45, 7) is 0.825. The summed E-state index contributed by atoms with van der Waals surface area (Å²) in [5, 5.41) is 22.3. The number of aliphatic hydroxyl groups is 1. The summed E-state index contributed by atoms with van der Waals surface area (Å²) in [6.07, 6.45) is 5.50. The number of aromatic hydroxyl groups is 1. The van der Waals surface area contributed by atoms with Gasteiger partial charge in [0.2, 0.25) is 5.75 Å². The summed E-state index contributed by atoms with van der Waals surface area (Å²) >= 11 is 0. The van der Waals surface area contributed by atoms with E-state index < -0.39 is 0 Å². The predicted molar refractivity (Wildman–Crippen MR) is 175 cm³/mol. The lowest BCUT2D eigenvalue weighted by Gasteiger charge is -2.35. The van der Waals surface area contributed by atoms with E-state index >= 15 is 0 Å². The van der Waals surface area contributed by atoms with E-state index in [1.165, 1.54) is 12.7 Å². The number of hydrogen-bond donors (Lipinski definition) is 2. The molecule has 1 atom stereocenters. The standard InChI is InChI=1S/C37H38N2O7/c1-38-14-12-26-19-35(44-5)36(41)37(29(26)21-38)46-34-20-28-25(18-32(34)43-4)13-15-39(2)30(28)16-23-6-9-27(10-7-23)45-33-17-24(22-40)8-11-31(33)42-3/h6-12,14,17-21,30,40H,13,15-16,22H2,1-5H3/p+1/t30-/m0/s1. The van der Waals surface area contributed by atoms with Gasteiger partial charge in [0.25, 0.3) is 0 Å². The number of aromatic nitrogens is 1. The lowest BCUT2D eigenvalue weighted by molar-refractivity contribution is -0.670. The average Bonchev–Trinajstić information content (AvgIpc) is 3.07. The van der Waals surface area contributed by atoms with Gasteiger partial charge >= 0.3 is 0 Å². The summed E-state index contributed by atoms with van der Waals surface area (Å²) in [6, 6.07) is 21.3. The number of likely N-dealkylation sites (N-methyl/N-ethyl adjacent to an activating group) is 1. The van der Waals surface area contributed by atoms with Crippen molar-refractivity contribution in [1.82, 2.24) is 4.90 Å². The van der Waals surface area contributed by atoms with Gasteiger partial charge in [-0.2, -0.15) is 0 Å². The minimum absolute atomic E-state index is 0.0716. The van der Waals surface area contributed by atoms with Gasteiger partial charge in [-0.25, -0.2) is 4.57 Å². The Balaban J connectivity index is 1.31. The molecule has 0 saturated carbocycles. The zero-order chi connectivity index (χ0) is 32.4. The van der Waals surface area contributed by atoms with Crippen LogP contribution in [0, 0.1) is 0 Å². The zero-order valence-electron chi connectivity index (χ0n) is 26.7. The van der Waals surface area contributed by atoms with E-state index in [1.54, 1.807) is 38.5 Å². The maximum atomic E-state index is 11.2. The van der Waals surface area contributed by atoms with Crippen molar-refractivity contribution in [2.45, 2.75) is 25.5 Å². The fourth-order valence-electron chi connectivity index (χ4n) is 6.03. The maximum Gasteiger partial charge on any atom is 0.202 e. The first-order chi connectivity index (χ1) is 22.3. The van der Waals surface area contributed by atoms with Crippen molar-refractivity contribution in [1.29, 1.82) is 0 Å². The van der Waals surface area contributed by atoms with E-state index in [-0.39, 0.29) is 18.4 Å². The number of pyridine rings is 1. The first kappa shape index (κ1) is 31.0. The van der Waals surface area contributed by atoms with Crippen LogP contribution in [0.4, 0.5) is 0 Å². The number of aliphatic hydroxyl groups excluding tert-OH is 1. The Morgan fingerprint density at radius 3 is 2.24 bits per heavy atom. The van der Waals surface area contributed by atoms with Crippen molar-refractivity contribution >= 4 is 10.8 Å². The number of phenols is 1. The van der Waals surface area contributed by atoms with Gasteiger partial charge in [0, 0.05) is 24.0 Å². The maximum absolute atomic E-state index is 11.2. The normalized spacial score (nSPS) is 14.5. The van der Waals surface area contributed by atoms with Gasteiger partial charge in [-0.05, 0) is 84.6 Å². The molecular formula is C37H39N2O7+. The quantitative estimate of drug-likeness (QED) is 0.177. The van der Waals surface area contributed by atoms with Crippen LogP contribution in [0.2, 0.25) is 0 Å². The van der Waals surface area contributed by atoms with Gasteiger partial charge in [0.15, 0.2) is 46.9 Å². The minimum Gasteiger partial charge on any atom is -0.502 e. The molecule has 0 spiro atoms. The number of rotatable bonds is 10. The Labute approximate surface area is 268 Å². The summed E-state index contributed by atoms with van der Waals surface area (Å²) in [4.78, 5) is 2.35. The Bertz CT molecular complexity index is 1870. The lowest BCUT2D eigenvalue weighted by atomic mass is 9.88. The van der Waals surface area contributed by atoms with Crippen molar-refractivity contribution in [3.8, 4) is 46.0 Å². The number of fused-ring (bicyclic) bond motifs is 2. The second kappa shape index (κ2) is 13.2. The van der Waals surface area contributed by atoms with Gasteiger partial charge < -0.3 is 33.9 Å². The molecule has 5 aromatic rings. The molecule has 1 aliphatic heterocycles. The van der Waals surface area contributed by atoms with Gasteiger partial charge in [0.1, 0.15) is 12.8 Å². The summed E-state index contributed by atoms with van der Waals surface area (Å²) in [5.41, 5.74) is 4.24. The molecule has 0 aliphatic carbocycles. The van der Waals surface area contributed by atoms with Crippen molar-refractivity contribution in [3.63, 3.8) is 0 Å². The van der Waals surface area contributed by atoms with E-state index in [0.717, 1.165) is 46.8 Å². The van der Waals surface area contributed by atoms with Crippen LogP contribution in [0.5, 0.6) is 46.0 Å². The van der Waals surface area contributed by atoms with Crippen LogP contribution in [-0.2, 0) is 26.5 Å². The van der Waals surface area contributed by atoms with Gasteiger partial charge in [-0.1, -0.05) is 18.2 Å². The van der Waals surface area contributed by atoms with E-state index in [1.807, 2.05) is 48.3 Å². The van der Waals surface area contributed by atoms with E-state index in [0.29, 0.717) is 40.2 Å². The van der Waals surface area contributed by atoms with Crippen LogP contribution in [0.25, 0.3) is 10.8 Å². The average molecular weight is 624 g/mol. The number of hydrogen-bond acceptors (Lipinski definition) is 8. The largest absolute Gasteiger partial charge is 0.502 e. The Morgan fingerprint density at radius 2 is 1.52 bits per heavy atom. The number of ether oxygens (including phenoxy) is 5.